The quantitative estimate of drug-likeness (QED) is 0.243. The molecule has 9 heteroatoms. The Morgan fingerprint density at radius 1 is 1.12 bits per heavy atom. The van der Waals surface area contributed by atoms with E-state index in [1.807, 2.05) is 25.1 Å². The van der Waals surface area contributed by atoms with Gasteiger partial charge in [0.2, 0.25) is 0 Å². The molecular weight excluding hydrogens is 535 g/mol. The van der Waals surface area contributed by atoms with Gasteiger partial charge in [0.05, 0.1) is 33.6 Å². The van der Waals surface area contributed by atoms with E-state index in [-0.39, 0.29) is 36.6 Å². The van der Waals surface area contributed by atoms with Crippen LogP contribution in [-0.4, -0.2) is 64.6 Å². The van der Waals surface area contributed by atoms with Gasteiger partial charge in [-0.3, -0.25) is 4.99 Å². The summed E-state index contributed by atoms with van der Waals surface area (Å²) < 4.78 is 16.2. The van der Waals surface area contributed by atoms with Gasteiger partial charge in [0.15, 0.2) is 5.96 Å². The Bertz CT molecular complexity index is 912. The van der Waals surface area contributed by atoms with E-state index in [0.717, 1.165) is 37.5 Å². The van der Waals surface area contributed by atoms with Gasteiger partial charge in [-0.05, 0) is 43.7 Å². The first-order chi connectivity index (χ1) is 15.6. The SMILES string of the molecule is CCNC(=NCC(O)c1cc(OC)ccc1OC)NC1CCN(c2ccccc2OC)C1.I. The molecule has 2 aromatic carbocycles. The molecule has 0 aliphatic carbocycles. The maximum Gasteiger partial charge on any atom is 0.191 e. The second-order valence-electron chi connectivity index (χ2n) is 7.59. The lowest BCUT2D eigenvalue weighted by molar-refractivity contribution is 0.182. The third-order valence-corrected chi connectivity index (χ3v) is 5.52. The van der Waals surface area contributed by atoms with Gasteiger partial charge in [0.25, 0.3) is 0 Å². The van der Waals surface area contributed by atoms with Crippen LogP contribution in [0.25, 0.3) is 0 Å². The van der Waals surface area contributed by atoms with Gasteiger partial charge in [-0.1, -0.05) is 12.1 Å². The van der Waals surface area contributed by atoms with Crippen molar-refractivity contribution in [2.45, 2.75) is 25.5 Å². The van der Waals surface area contributed by atoms with Crippen molar-refractivity contribution < 1.29 is 19.3 Å². The molecule has 1 saturated heterocycles. The fourth-order valence-electron chi connectivity index (χ4n) is 3.88. The summed E-state index contributed by atoms with van der Waals surface area (Å²) in [6.07, 6.45) is 0.165. The molecule has 1 heterocycles. The number of methoxy groups -OCH3 is 3. The van der Waals surface area contributed by atoms with Crippen LogP contribution in [0, 0.1) is 0 Å². The summed E-state index contributed by atoms with van der Waals surface area (Å²) in [7, 11) is 4.88. The number of aliphatic hydroxyl groups excluding tert-OH is 1. The van der Waals surface area contributed by atoms with Crippen molar-refractivity contribution in [2.75, 3.05) is 52.4 Å². The maximum atomic E-state index is 10.8. The Morgan fingerprint density at radius 2 is 1.88 bits per heavy atom. The Hall–Kier alpha value is -2.40. The number of nitrogens with one attached hydrogen (secondary N) is 2. The summed E-state index contributed by atoms with van der Waals surface area (Å²) in [5, 5.41) is 17.5. The first-order valence-electron chi connectivity index (χ1n) is 10.9. The second-order valence-corrected chi connectivity index (χ2v) is 7.59. The van der Waals surface area contributed by atoms with E-state index in [9.17, 15) is 5.11 Å². The standard InChI is InChI=1S/C24H34N4O4.HI/c1-5-25-24(26-15-21(29)19-14-18(30-2)10-11-22(19)31-3)27-17-12-13-28(16-17)20-8-6-7-9-23(20)32-4;/h6-11,14,17,21,29H,5,12-13,15-16H2,1-4H3,(H2,25,26,27);1H. The van der Waals surface area contributed by atoms with Crippen LogP contribution in [0.4, 0.5) is 5.69 Å². The molecule has 0 saturated carbocycles. The molecule has 8 nitrogen and oxygen atoms in total. The number of guanidine groups is 1. The van der Waals surface area contributed by atoms with Gasteiger partial charge in [0.1, 0.15) is 23.4 Å². The molecule has 182 valence electrons. The summed E-state index contributed by atoms with van der Waals surface area (Å²) in [5.74, 6) is 2.83. The molecule has 3 N–H and O–H groups in total. The highest BCUT2D eigenvalue weighted by Gasteiger charge is 2.25. The number of ether oxygens (including phenoxy) is 3. The van der Waals surface area contributed by atoms with E-state index >= 15 is 0 Å². The minimum absolute atomic E-state index is 0. The molecule has 1 fully saturated rings. The van der Waals surface area contributed by atoms with Gasteiger partial charge in [-0.25, -0.2) is 0 Å². The van der Waals surface area contributed by atoms with E-state index in [1.54, 1.807) is 39.5 Å². The molecule has 1 aliphatic heterocycles. The van der Waals surface area contributed by atoms with Crippen LogP contribution in [0.15, 0.2) is 47.5 Å². The highest BCUT2D eigenvalue weighted by Crippen LogP contribution is 2.31. The van der Waals surface area contributed by atoms with Crippen LogP contribution < -0.4 is 29.7 Å². The lowest BCUT2D eigenvalue weighted by atomic mass is 10.1. The van der Waals surface area contributed by atoms with Crippen molar-refractivity contribution in [1.82, 2.24) is 10.6 Å². The third-order valence-electron chi connectivity index (χ3n) is 5.52. The van der Waals surface area contributed by atoms with E-state index in [1.165, 1.54) is 0 Å². The molecule has 0 spiro atoms. The van der Waals surface area contributed by atoms with Gasteiger partial charge in [-0.2, -0.15) is 0 Å². The van der Waals surface area contributed by atoms with E-state index < -0.39 is 6.10 Å². The Morgan fingerprint density at radius 3 is 2.58 bits per heavy atom. The van der Waals surface area contributed by atoms with Crippen molar-refractivity contribution in [2.24, 2.45) is 4.99 Å². The van der Waals surface area contributed by atoms with E-state index in [2.05, 4.69) is 26.6 Å². The van der Waals surface area contributed by atoms with Crippen LogP contribution in [0.5, 0.6) is 17.2 Å². The molecule has 1 aliphatic rings. The minimum atomic E-state index is -0.816. The van der Waals surface area contributed by atoms with Crippen LogP contribution in [-0.2, 0) is 0 Å². The predicted octanol–water partition coefficient (Wildman–Crippen LogP) is 3.20. The molecule has 0 amide bonds. The fraction of sp³-hybridized carbons (Fsp3) is 0.458. The minimum Gasteiger partial charge on any atom is -0.497 e. The fourth-order valence-corrected chi connectivity index (χ4v) is 3.88. The van der Waals surface area contributed by atoms with Crippen molar-refractivity contribution in [3.05, 3.63) is 48.0 Å². The number of nitrogens with zero attached hydrogens (tertiary/aromatic N) is 2. The molecule has 2 aromatic rings. The third kappa shape index (κ3) is 7.04. The molecule has 3 rings (SSSR count). The van der Waals surface area contributed by atoms with Crippen LogP contribution in [0.1, 0.15) is 25.0 Å². The summed E-state index contributed by atoms with van der Waals surface area (Å²) in [6, 6.07) is 13.7. The Labute approximate surface area is 213 Å². The predicted molar refractivity (Wildman–Crippen MR) is 143 cm³/mol. The second kappa shape index (κ2) is 13.3. The van der Waals surface area contributed by atoms with Gasteiger partial charge >= 0.3 is 0 Å². The molecule has 0 radical (unpaired) electrons. The number of aliphatic imine (C=N–C) groups is 1. The van der Waals surface area contributed by atoms with Gasteiger partial charge in [-0.15, -0.1) is 24.0 Å². The van der Waals surface area contributed by atoms with Crippen LogP contribution >= 0.6 is 24.0 Å². The number of hydrogen-bond acceptors (Lipinski definition) is 6. The van der Waals surface area contributed by atoms with Crippen molar-refractivity contribution in [3.63, 3.8) is 0 Å². The molecule has 2 atom stereocenters. The summed E-state index contributed by atoms with van der Waals surface area (Å²) in [6.45, 7) is 4.72. The Balaban J connectivity index is 0.00000385. The Kier molecular flexibility index (Phi) is 10.9. The lowest BCUT2D eigenvalue weighted by Crippen LogP contribution is -2.44. The molecule has 33 heavy (non-hydrogen) atoms. The van der Waals surface area contributed by atoms with Gasteiger partial charge in [0, 0.05) is 31.2 Å². The van der Waals surface area contributed by atoms with Crippen molar-refractivity contribution >= 4 is 35.6 Å². The molecule has 2 unspecified atom stereocenters. The highest BCUT2D eigenvalue weighted by atomic mass is 127. The van der Waals surface area contributed by atoms with Crippen LogP contribution in [0.2, 0.25) is 0 Å². The molecular formula is C24H35IN4O4. The van der Waals surface area contributed by atoms with Crippen molar-refractivity contribution in [3.8, 4) is 17.2 Å². The molecule has 0 bridgehead atoms. The monoisotopic (exact) mass is 570 g/mol. The molecule has 0 aromatic heterocycles. The zero-order valence-electron chi connectivity index (χ0n) is 19.7. The number of rotatable bonds is 9. The summed E-state index contributed by atoms with van der Waals surface area (Å²) in [4.78, 5) is 6.94. The average molecular weight is 570 g/mol. The van der Waals surface area contributed by atoms with Crippen molar-refractivity contribution in [1.29, 1.82) is 0 Å². The number of aliphatic hydroxyl groups is 1. The number of anilines is 1. The first kappa shape index (κ1) is 26.8. The zero-order valence-corrected chi connectivity index (χ0v) is 22.0. The van der Waals surface area contributed by atoms with E-state index in [0.29, 0.717) is 23.0 Å². The summed E-state index contributed by atoms with van der Waals surface area (Å²) >= 11 is 0. The average Bonchev–Trinajstić information content (AvgIpc) is 3.30. The smallest absolute Gasteiger partial charge is 0.191 e. The largest absolute Gasteiger partial charge is 0.497 e. The number of para-hydroxylation sites is 2. The number of benzene rings is 2. The topological polar surface area (TPSA) is 87.6 Å². The lowest BCUT2D eigenvalue weighted by Gasteiger charge is -2.22. The number of hydrogen-bond donors (Lipinski definition) is 3. The van der Waals surface area contributed by atoms with Gasteiger partial charge < -0.3 is 34.9 Å². The highest BCUT2D eigenvalue weighted by molar-refractivity contribution is 14.0. The van der Waals surface area contributed by atoms with Crippen LogP contribution in [0.3, 0.4) is 0 Å². The number of halogens is 1. The summed E-state index contributed by atoms with van der Waals surface area (Å²) in [5.41, 5.74) is 1.75. The zero-order chi connectivity index (χ0) is 22.9. The normalized spacial score (nSPS) is 16.6. The maximum absolute atomic E-state index is 10.8. The first-order valence-corrected chi connectivity index (χ1v) is 10.9. The van der Waals surface area contributed by atoms with E-state index in [4.69, 9.17) is 14.2 Å².